The van der Waals surface area contributed by atoms with Gasteiger partial charge in [0.15, 0.2) is 0 Å². The fourth-order valence-electron chi connectivity index (χ4n) is 3.56. The molecule has 0 aliphatic heterocycles. The van der Waals surface area contributed by atoms with Crippen LogP contribution < -0.4 is 5.32 Å². The first kappa shape index (κ1) is 23.9. The van der Waals surface area contributed by atoms with Crippen LogP contribution in [0.15, 0.2) is 67.3 Å². The lowest BCUT2D eigenvalue weighted by atomic mass is 9.91. The topological polar surface area (TPSA) is 38.3 Å². The molecule has 2 atom stereocenters. The van der Waals surface area contributed by atoms with Crippen LogP contribution >= 0.6 is 0 Å². The summed E-state index contributed by atoms with van der Waals surface area (Å²) in [5.74, 6) is -0.442. The Hall–Kier alpha value is -2.39. The molecule has 2 aromatic carbocycles. The van der Waals surface area contributed by atoms with Crippen LogP contribution in [0.5, 0.6) is 0 Å². The summed E-state index contributed by atoms with van der Waals surface area (Å²) < 4.78 is 6.14. The predicted octanol–water partition coefficient (Wildman–Crippen LogP) is 6.33. The van der Waals surface area contributed by atoms with Gasteiger partial charge in [-0.15, -0.1) is 6.58 Å². The average Bonchev–Trinajstić information content (AvgIpc) is 2.78. The molecule has 0 saturated heterocycles. The Labute approximate surface area is 182 Å². The first-order valence-corrected chi connectivity index (χ1v) is 11.3. The molecule has 0 aliphatic rings. The number of ether oxygens (including phenoxy) is 1. The Morgan fingerprint density at radius 3 is 2.33 bits per heavy atom. The van der Waals surface area contributed by atoms with Crippen LogP contribution in [0.25, 0.3) is 0 Å². The summed E-state index contributed by atoms with van der Waals surface area (Å²) in [6, 6.07) is 18.1. The molecule has 2 rings (SSSR count). The van der Waals surface area contributed by atoms with Gasteiger partial charge >= 0.3 is 0 Å². The first-order valence-electron chi connectivity index (χ1n) is 11.3. The highest BCUT2D eigenvalue weighted by molar-refractivity contribution is 5.84. The number of carbonyl (C=O) groups excluding carboxylic acids is 1. The van der Waals surface area contributed by atoms with Gasteiger partial charge in [0.2, 0.25) is 5.91 Å². The van der Waals surface area contributed by atoms with Gasteiger partial charge in [0.05, 0.1) is 12.0 Å². The third kappa shape index (κ3) is 8.16. The van der Waals surface area contributed by atoms with Gasteiger partial charge in [-0.2, -0.15) is 0 Å². The summed E-state index contributed by atoms with van der Waals surface area (Å²) in [7, 11) is 0. The molecular formula is C27H37NO2. The van der Waals surface area contributed by atoms with E-state index in [-0.39, 0.29) is 12.0 Å². The lowest BCUT2D eigenvalue weighted by Gasteiger charge is -2.25. The number of rotatable bonds is 14. The molecule has 0 bridgehead atoms. The maximum absolute atomic E-state index is 13.2. The molecule has 0 fully saturated rings. The van der Waals surface area contributed by atoms with Crippen LogP contribution in [0, 0.1) is 6.92 Å². The second-order valence-electron chi connectivity index (χ2n) is 7.93. The zero-order valence-electron chi connectivity index (χ0n) is 18.6. The maximum Gasteiger partial charge on any atom is 0.230 e. The number of hydrogen-bond acceptors (Lipinski definition) is 2. The van der Waals surface area contributed by atoms with E-state index in [9.17, 15) is 4.79 Å². The average molecular weight is 408 g/mol. The summed E-state index contributed by atoms with van der Waals surface area (Å²) >= 11 is 0. The molecule has 0 heterocycles. The number of amides is 1. The summed E-state index contributed by atoms with van der Waals surface area (Å²) in [6.45, 7) is 9.39. The van der Waals surface area contributed by atoms with E-state index in [1.807, 2.05) is 61.5 Å². The van der Waals surface area contributed by atoms with Gasteiger partial charge < -0.3 is 10.1 Å². The number of nitrogens with one attached hydrogen (secondary N) is 1. The van der Waals surface area contributed by atoms with Crippen molar-refractivity contribution in [2.45, 2.75) is 70.9 Å². The summed E-state index contributed by atoms with van der Waals surface area (Å²) in [6.07, 6.45) is 8.69. The molecular weight excluding hydrogens is 370 g/mol. The van der Waals surface area contributed by atoms with Gasteiger partial charge in [-0.3, -0.25) is 4.79 Å². The van der Waals surface area contributed by atoms with Crippen LogP contribution in [0.3, 0.4) is 0 Å². The fourth-order valence-corrected chi connectivity index (χ4v) is 3.56. The van der Waals surface area contributed by atoms with E-state index in [1.165, 1.54) is 37.7 Å². The van der Waals surface area contributed by atoms with Crippen LogP contribution in [0.2, 0.25) is 0 Å². The lowest BCUT2D eigenvalue weighted by molar-refractivity contribution is -0.125. The molecule has 30 heavy (non-hydrogen) atoms. The number of benzene rings is 2. The van der Waals surface area contributed by atoms with Crippen molar-refractivity contribution >= 4 is 5.91 Å². The van der Waals surface area contributed by atoms with E-state index < -0.39 is 5.92 Å². The summed E-state index contributed by atoms with van der Waals surface area (Å²) in [5, 5.41) is 3.08. The number of carbonyl (C=O) groups is 1. The molecule has 0 spiro atoms. The monoisotopic (exact) mass is 407 g/mol. The Morgan fingerprint density at radius 2 is 1.67 bits per heavy atom. The van der Waals surface area contributed by atoms with Crippen molar-refractivity contribution in [3.8, 4) is 0 Å². The third-order valence-electron chi connectivity index (χ3n) is 5.40. The highest BCUT2D eigenvalue weighted by atomic mass is 16.5. The van der Waals surface area contributed by atoms with E-state index in [4.69, 9.17) is 4.74 Å². The van der Waals surface area contributed by atoms with E-state index in [0.717, 1.165) is 17.5 Å². The molecule has 3 heteroatoms. The van der Waals surface area contributed by atoms with Crippen molar-refractivity contribution in [2.24, 2.45) is 0 Å². The minimum Gasteiger partial charge on any atom is -0.373 e. The van der Waals surface area contributed by atoms with Crippen molar-refractivity contribution in [1.82, 2.24) is 5.32 Å². The van der Waals surface area contributed by atoms with E-state index in [0.29, 0.717) is 13.2 Å². The minimum atomic E-state index is -0.410. The lowest BCUT2D eigenvalue weighted by Crippen LogP contribution is -2.36. The zero-order valence-corrected chi connectivity index (χ0v) is 18.6. The largest absolute Gasteiger partial charge is 0.373 e. The van der Waals surface area contributed by atoms with E-state index in [2.05, 4.69) is 18.8 Å². The maximum atomic E-state index is 13.2. The van der Waals surface area contributed by atoms with E-state index in [1.54, 1.807) is 6.08 Å². The number of hydrogen-bond donors (Lipinski definition) is 1. The molecule has 2 aromatic rings. The van der Waals surface area contributed by atoms with Gasteiger partial charge in [-0.1, -0.05) is 105 Å². The number of aryl methyl sites for hydroxylation is 1. The van der Waals surface area contributed by atoms with Crippen LogP contribution in [0.4, 0.5) is 0 Å². The molecule has 0 saturated carbocycles. The molecule has 1 amide bonds. The molecule has 0 aromatic heterocycles. The highest BCUT2D eigenvalue weighted by Gasteiger charge is 2.28. The van der Waals surface area contributed by atoms with Crippen molar-refractivity contribution in [1.29, 1.82) is 0 Å². The second kappa shape index (κ2) is 13.8. The third-order valence-corrected chi connectivity index (χ3v) is 5.40. The normalized spacial score (nSPS) is 12.9. The van der Waals surface area contributed by atoms with Gasteiger partial charge in [0, 0.05) is 13.2 Å². The quantitative estimate of drug-likeness (QED) is 0.294. The SMILES string of the molecule is C=C[C@@H](OCCCCCCCC)[C@H](C(=O)NCc1ccccc1)c1ccc(C)cc1. The van der Waals surface area contributed by atoms with Gasteiger partial charge in [-0.25, -0.2) is 0 Å². The van der Waals surface area contributed by atoms with Gasteiger partial charge in [0.1, 0.15) is 0 Å². The van der Waals surface area contributed by atoms with Crippen molar-refractivity contribution in [3.05, 3.63) is 83.9 Å². The summed E-state index contributed by atoms with van der Waals surface area (Å²) in [5.41, 5.74) is 3.21. The van der Waals surface area contributed by atoms with Crippen LogP contribution in [0.1, 0.15) is 68.1 Å². The van der Waals surface area contributed by atoms with Crippen molar-refractivity contribution in [2.75, 3.05) is 6.61 Å². The molecule has 0 radical (unpaired) electrons. The molecule has 0 aliphatic carbocycles. The fraction of sp³-hybridized carbons (Fsp3) is 0.444. The smallest absolute Gasteiger partial charge is 0.230 e. The predicted molar refractivity (Wildman–Crippen MR) is 126 cm³/mol. The highest BCUT2D eigenvalue weighted by Crippen LogP contribution is 2.25. The van der Waals surface area contributed by atoms with Crippen molar-refractivity contribution in [3.63, 3.8) is 0 Å². The Morgan fingerprint density at radius 1 is 1.00 bits per heavy atom. The minimum absolute atomic E-state index is 0.0319. The second-order valence-corrected chi connectivity index (χ2v) is 7.93. The van der Waals surface area contributed by atoms with Crippen molar-refractivity contribution < 1.29 is 9.53 Å². The Balaban J connectivity index is 2.00. The molecule has 3 nitrogen and oxygen atoms in total. The Bertz CT molecular complexity index is 739. The first-order chi connectivity index (χ1) is 14.7. The standard InChI is InChI=1S/C27H37NO2/c1-4-6-7-8-9-13-20-30-25(5-2)26(24-18-16-22(3)17-19-24)27(29)28-21-23-14-11-10-12-15-23/h5,10-12,14-19,25-26H,2,4,6-9,13,20-21H2,1,3H3,(H,28,29)/t25-,26-/m1/s1. The van der Waals surface area contributed by atoms with E-state index >= 15 is 0 Å². The molecule has 162 valence electrons. The van der Waals surface area contributed by atoms with Gasteiger partial charge in [0.25, 0.3) is 0 Å². The van der Waals surface area contributed by atoms with Crippen LogP contribution in [-0.4, -0.2) is 18.6 Å². The molecule has 1 N–H and O–H groups in total. The Kier molecular flexibility index (Phi) is 11.0. The van der Waals surface area contributed by atoms with Gasteiger partial charge in [-0.05, 0) is 24.5 Å². The number of unbranched alkanes of at least 4 members (excludes halogenated alkanes) is 5. The summed E-state index contributed by atoms with van der Waals surface area (Å²) in [4.78, 5) is 13.2. The molecule has 0 unspecified atom stereocenters. The zero-order chi connectivity index (χ0) is 21.6. The van der Waals surface area contributed by atoms with Crippen LogP contribution in [-0.2, 0) is 16.1 Å².